The third-order valence-corrected chi connectivity index (χ3v) is 3.38. The lowest BCUT2D eigenvalue weighted by Crippen LogP contribution is -2.21. The average Bonchev–Trinajstić information content (AvgIpc) is 2.53. The van der Waals surface area contributed by atoms with Crippen molar-refractivity contribution in [1.82, 2.24) is 0 Å². The SMILES string of the molecule is CCC(N)Cc1cccc(OC/C=C/c2ccccc2)c1. The maximum atomic E-state index is 5.99. The summed E-state index contributed by atoms with van der Waals surface area (Å²) in [7, 11) is 0. The first-order valence-corrected chi connectivity index (χ1v) is 7.47. The van der Waals surface area contributed by atoms with E-state index in [-0.39, 0.29) is 6.04 Å². The monoisotopic (exact) mass is 281 g/mol. The molecule has 0 saturated carbocycles. The van der Waals surface area contributed by atoms with Gasteiger partial charge in [-0.1, -0.05) is 55.5 Å². The summed E-state index contributed by atoms with van der Waals surface area (Å²) in [5, 5.41) is 0. The van der Waals surface area contributed by atoms with Gasteiger partial charge in [-0.2, -0.15) is 0 Å². The van der Waals surface area contributed by atoms with Crippen molar-refractivity contribution in [2.75, 3.05) is 6.61 Å². The third kappa shape index (κ3) is 5.44. The minimum absolute atomic E-state index is 0.221. The lowest BCUT2D eigenvalue weighted by molar-refractivity contribution is 0.363. The molecular weight excluding hydrogens is 258 g/mol. The Kier molecular flexibility index (Phi) is 6.04. The molecule has 0 saturated heterocycles. The van der Waals surface area contributed by atoms with Crippen LogP contribution in [0.1, 0.15) is 24.5 Å². The second-order valence-electron chi connectivity index (χ2n) is 5.14. The Morgan fingerprint density at radius 2 is 1.90 bits per heavy atom. The zero-order valence-corrected chi connectivity index (χ0v) is 12.5. The van der Waals surface area contributed by atoms with Crippen LogP contribution < -0.4 is 10.5 Å². The van der Waals surface area contributed by atoms with Gasteiger partial charge in [0.1, 0.15) is 12.4 Å². The van der Waals surface area contributed by atoms with Crippen LogP contribution in [0.25, 0.3) is 6.08 Å². The Morgan fingerprint density at radius 1 is 1.10 bits per heavy atom. The highest BCUT2D eigenvalue weighted by molar-refractivity contribution is 5.48. The van der Waals surface area contributed by atoms with Crippen molar-refractivity contribution in [3.63, 3.8) is 0 Å². The number of hydrogen-bond donors (Lipinski definition) is 1. The van der Waals surface area contributed by atoms with E-state index in [4.69, 9.17) is 10.5 Å². The fourth-order valence-electron chi connectivity index (χ4n) is 2.10. The summed E-state index contributed by atoms with van der Waals surface area (Å²) < 4.78 is 5.76. The van der Waals surface area contributed by atoms with Gasteiger partial charge in [0.15, 0.2) is 0 Å². The predicted octanol–water partition coefficient (Wildman–Crippen LogP) is 4.06. The van der Waals surface area contributed by atoms with Crippen molar-refractivity contribution < 1.29 is 4.74 Å². The second kappa shape index (κ2) is 8.28. The quantitative estimate of drug-likeness (QED) is 0.830. The smallest absolute Gasteiger partial charge is 0.120 e. The molecule has 0 amide bonds. The molecule has 1 atom stereocenters. The maximum absolute atomic E-state index is 5.99. The van der Waals surface area contributed by atoms with Crippen molar-refractivity contribution in [2.45, 2.75) is 25.8 Å². The Bertz CT molecular complexity index is 563. The normalized spacial score (nSPS) is 12.5. The van der Waals surface area contributed by atoms with Gasteiger partial charge in [-0.25, -0.2) is 0 Å². The molecule has 110 valence electrons. The first-order valence-electron chi connectivity index (χ1n) is 7.47. The van der Waals surface area contributed by atoms with Crippen LogP contribution in [0, 0.1) is 0 Å². The minimum Gasteiger partial charge on any atom is -0.490 e. The molecule has 0 aliphatic rings. The van der Waals surface area contributed by atoms with Crippen LogP contribution in [-0.4, -0.2) is 12.6 Å². The van der Waals surface area contributed by atoms with Crippen molar-refractivity contribution in [3.05, 3.63) is 71.8 Å². The summed E-state index contributed by atoms with van der Waals surface area (Å²) >= 11 is 0. The summed E-state index contributed by atoms with van der Waals surface area (Å²) in [5.74, 6) is 0.897. The van der Waals surface area contributed by atoms with E-state index >= 15 is 0 Å². The highest BCUT2D eigenvalue weighted by Crippen LogP contribution is 2.15. The van der Waals surface area contributed by atoms with Crippen LogP contribution >= 0.6 is 0 Å². The van der Waals surface area contributed by atoms with Gasteiger partial charge < -0.3 is 10.5 Å². The lowest BCUT2D eigenvalue weighted by Gasteiger charge is -2.10. The molecule has 0 aromatic heterocycles. The van der Waals surface area contributed by atoms with Gasteiger partial charge >= 0.3 is 0 Å². The fraction of sp³-hybridized carbons (Fsp3) is 0.263. The topological polar surface area (TPSA) is 35.2 Å². The minimum atomic E-state index is 0.221. The van der Waals surface area contributed by atoms with Gasteiger partial charge in [0.25, 0.3) is 0 Å². The lowest BCUT2D eigenvalue weighted by atomic mass is 10.0. The standard InChI is InChI=1S/C19H23NO/c1-2-18(20)14-17-10-6-12-19(15-17)21-13-7-11-16-8-4-3-5-9-16/h3-12,15,18H,2,13-14,20H2,1H3/b11-7+. The molecule has 2 heteroatoms. The van der Waals surface area contributed by atoms with Crippen LogP contribution in [0.5, 0.6) is 5.75 Å². The Morgan fingerprint density at radius 3 is 2.67 bits per heavy atom. The van der Waals surface area contributed by atoms with Crippen molar-refractivity contribution in [2.24, 2.45) is 5.73 Å². The highest BCUT2D eigenvalue weighted by Gasteiger charge is 2.02. The van der Waals surface area contributed by atoms with Crippen LogP contribution in [-0.2, 0) is 6.42 Å². The van der Waals surface area contributed by atoms with Crippen LogP contribution in [0.2, 0.25) is 0 Å². The van der Waals surface area contributed by atoms with Gasteiger partial charge in [-0.15, -0.1) is 0 Å². The molecule has 2 N–H and O–H groups in total. The zero-order valence-electron chi connectivity index (χ0n) is 12.5. The summed E-state index contributed by atoms with van der Waals surface area (Å²) in [6.45, 7) is 2.68. The van der Waals surface area contributed by atoms with Gasteiger partial charge in [0, 0.05) is 6.04 Å². The molecule has 2 nitrogen and oxygen atoms in total. The highest BCUT2D eigenvalue weighted by atomic mass is 16.5. The summed E-state index contributed by atoms with van der Waals surface area (Å²) in [4.78, 5) is 0. The van der Waals surface area contributed by atoms with Gasteiger partial charge in [0.2, 0.25) is 0 Å². The largest absolute Gasteiger partial charge is 0.490 e. The van der Waals surface area contributed by atoms with E-state index in [0.29, 0.717) is 6.61 Å². The molecule has 2 rings (SSSR count). The number of nitrogens with two attached hydrogens (primary N) is 1. The number of benzene rings is 2. The fourth-order valence-corrected chi connectivity index (χ4v) is 2.10. The molecule has 0 heterocycles. The Balaban J connectivity index is 1.86. The summed E-state index contributed by atoms with van der Waals surface area (Å²) in [6.07, 6.45) is 5.98. The second-order valence-corrected chi connectivity index (χ2v) is 5.14. The first kappa shape index (κ1) is 15.3. The van der Waals surface area contributed by atoms with E-state index in [1.165, 1.54) is 11.1 Å². The molecule has 21 heavy (non-hydrogen) atoms. The first-order chi connectivity index (χ1) is 10.3. The zero-order chi connectivity index (χ0) is 14.9. The van der Waals surface area contributed by atoms with Crippen molar-refractivity contribution in [3.8, 4) is 5.75 Å². The molecular formula is C19H23NO. The molecule has 1 unspecified atom stereocenters. The van der Waals surface area contributed by atoms with E-state index in [1.54, 1.807) is 0 Å². The van der Waals surface area contributed by atoms with Crippen LogP contribution in [0.15, 0.2) is 60.7 Å². The number of rotatable bonds is 7. The van der Waals surface area contributed by atoms with E-state index < -0.39 is 0 Å². The maximum Gasteiger partial charge on any atom is 0.120 e. The van der Waals surface area contributed by atoms with Crippen LogP contribution in [0.4, 0.5) is 0 Å². The van der Waals surface area contributed by atoms with Gasteiger partial charge in [-0.3, -0.25) is 0 Å². The van der Waals surface area contributed by atoms with E-state index in [0.717, 1.165) is 18.6 Å². The molecule has 0 bridgehead atoms. The van der Waals surface area contributed by atoms with Crippen LogP contribution in [0.3, 0.4) is 0 Å². The Hall–Kier alpha value is -2.06. The van der Waals surface area contributed by atoms with E-state index in [9.17, 15) is 0 Å². The number of ether oxygens (including phenoxy) is 1. The number of hydrogen-bond acceptors (Lipinski definition) is 2. The molecule has 2 aromatic carbocycles. The molecule has 0 fully saturated rings. The summed E-state index contributed by atoms with van der Waals surface area (Å²) in [6, 6.07) is 18.6. The predicted molar refractivity (Wildman–Crippen MR) is 89.4 cm³/mol. The molecule has 0 spiro atoms. The van der Waals surface area contributed by atoms with Gasteiger partial charge in [0.05, 0.1) is 0 Å². The average molecular weight is 281 g/mol. The van der Waals surface area contributed by atoms with E-state index in [2.05, 4.69) is 37.3 Å². The van der Waals surface area contributed by atoms with Crippen molar-refractivity contribution >= 4 is 6.08 Å². The molecule has 0 aliphatic carbocycles. The molecule has 0 aliphatic heterocycles. The molecule has 0 radical (unpaired) electrons. The third-order valence-electron chi connectivity index (χ3n) is 3.38. The van der Waals surface area contributed by atoms with E-state index in [1.807, 2.05) is 36.4 Å². The van der Waals surface area contributed by atoms with Crippen molar-refractivity contribution in [1.29, 1.82) is 0 Å². The van der Waals surface area contributed by atoms with Gasteiger partial charge in [-0.05, 0) is 42.2 Å². The molecule has 2 aromatic rings. The Labute approximate surface area is 127 Å². The summed E-state index contributed by atoms with van der Waals surface area (Å²) in [5.41, 5.74) is 8.40.